The van der Waals surface area contributed by atoms with E-state index in [-0.39, 0.29) is 16.7 Å². The molecule has 0 radical (unpaired) electrons. The Balaban J connectivity index is 2.57. The molecule has 4 nitrogen and oxygen atoms in total. The fourth-order valence-corrected chi connectivity index (χ4v) is 1.59. The van der Waals surface area contributed by atoms with Crippen molar-refractivity contribution in [2.75, 3.05) is 13.1 Å². The Hall–Kier alpha value is -1.08. The maximum atomic E-state index is 11.9. The summed E-state index contributed by atoms with van der Waals surface area (Å²) >= 11 is 0. The number of hydrogen-bond acceptors (Lipinski definition) is 3. The topological polar surface area (TPSA) is 70.1 Å². The standard InChI is InChI=1S/C11H19N3O/c1-10(2,3)8(13)9(15)14-6-11(4,5-12)7-14/h8H,6-7,13H2,1-4H3/t8-/m0/s1. The van der Waals surface area contributed by atoms with E-state index in [1.807, 2.05) is 27.7 Å². The molecule has 1 aliphatic heterocycles. The lowest BCUT2D eigenvalue weighted by molar-refractivity contribution is -0.143. The van der Waals surface area contributed by atoms with E-state index in [0.717, 1.165) is 0 Å². The van der Waals surface area contributed by atoms with Gasteiger partial charge in [-0.05, 0) is 12.3 Å². The number of hydrogen-bond donors (Lipinski definition) is 1. The number of nitrogens with zero attached hydrogens (tertiary/aromatic N) is 2. The van der Waals surface area contributed by atoms with Crippen molar-refractivity contribution in [1.82, 2.24) is 4.90 Å². The third kappa shape index (κ3) is 2.29. The van der Waals surface area contributed by atoms with Crippen LogP contribution in [0.1, 0.15) is 27.7 Å². The van der Waals surface area contributed by atoms with E-state index < -0.39 is 6.04 Å². The summed E-state index contributed by atoms with van der Waals surface area (Å²) < 4.78 is 0. The van der Waals surface area contributed by atoms with Crippen molar-refractivity contribution in [3.05, 3.63) is 0 Å². The minimum Gasteiger partial charge on any atom is -0.338 e. The molecule has 1 saturated heterocycles. The Morgan fingerprint density at radius 3 is 2.33 bits per heavy atom. The maximum Gasteiger partial charge on any atom is 0.240 e. The molecule has 1 rings (SSSR count). The van der Waals surface area contributed by atoms with Gasteiger partial charge in [-0.3, -0.25) is 4.79 Å². The van der Waals surface area contributed by atoms with Gasteiger partial charge in [-0.2, -0.15) is 5.26 Å². The molecule has 1 amide bonds. The average molecular weight is 209 g/mol. The van der Waals surface area contributed by atoms with E-state index in [1.54, 1.807) is 4.90 Å². The van der Waals surface area contributed by atoms with Crippen molar-refractivity contribution in [2.45, 2.75) is 33.7 Å². The van der Waals surface area contributed by atoms with E-state index in [2.05, 4.69) is 6.07 Å². The van der Waals surface area contributed by atoms with Crippen LogP contribution in [0.15, 0.2) is 0 Å². The summed E-state index contributed by atoms with van der Waals surface area (Å²) in [6.07, 6.45) is 0. The smallest absolute Gasteiger partial charge is 0.240 e. The quantitative estimate of drug-likeness (QED) is 0.692. The first-order valence-electron chi connectivity index (χ1n) is 5.15. The molecule has 1 aliphatic rings. The highest BCUT2D eigenvalue weighted by Gasteiger charge is 2.44. The van der Waals surface area contributed by atoms with E-state index in [1.165, 1.54) is 0 Å². The molecule has 0 saturated carbocycles. The molecule has 1 fully saturated rings. The highest BCUT2D eigenvalue weighted by atomic mass is 16.2. The Morgan fingerprint density at radius 2 is 2.00 bits per heavy atom. The van der Waals surface area contributed by atoms with Gasteiger partial charge in [-0.15, -0.1) is 0 Å². The second-order valence-corrected chi connectivity index (χ2v) is 5.71. The average Bonchev–Trinajstić information content (AvgIpc) is 2.09. The molecule has 4 heteroatoms. The molecule has 15 heavy (non-hydrogen) atoms. The van der Waals surface area contributed by atoms with Crippen LogP contribution in [0.5, 0.6) is 0 Å². The summed E-state index contributed by atoms with van der Waals surface area (Å²) in [7, 11) is 0. The summed E-state index contributed by atoms with van der Waals surface area (Å²) in [5.41, 5.74) is 5.27. The minimum atomic E-state index is -0.485. The van der Waals surface area contributed by atoms with Crippen LogP contribution in [0.2, 0.25) is 0 Å². The third-order valence-electron chi connectivity index (χ3n) is 2.86. The first-order chi connectivity index (χ1) is 6.69. The molecule has 0 aromatic rings. The molecular weight excluding hydrogens is 190 g/mol. The molecule has 1 atom stereocenters. The van der Waals surface area contributed by atoms with Gasteiger partial charge < -0.3 is 10.6 Å². The van der Waals surface area contributed by atoms with Crippen molar-refractivity contribution in [3.8, 4) is 6.07 Å². The molecule has 84 valence electrons. The zero-order valence-electron chi connectivity index (χ0n) is 9.87. The van der Waals surface area contributed by atoms with Crippen molar-refractivity contribution in [2.24, 2.45) is 16.6 Å². The van der Waals surface area contributed by atoms with E-state index in [9.17, 15) is 4.79 Å². The first kappa shape index (κ1) is 12.0. The lowest BCUT2D eigenvalue weighted by Crippen LogP contribution is -2.62. The van der Waals surface area contributed by atoms with Crippen molar-refractivity contribution >= 4 is 5.91 Å². The zero-order chi connectivity index (χ0) is 11.9. The second kappa shape index (κ2) is 3.49. The summed E-state index contributed by atoms with van der Waals surface area (Å²) in [6.45, 7) is 8.70. The number of rotatable bonds is 1. The lowest BCUT2D eigenvalue weighted by Gasteiger charge is -2.45. The largest absolute Gasteiger partial charge is 0.338 e. The van der Waals surface area contributed by atoms with Gasteiger partial charge in [0.2, 0.25) is 5.91 Å². The maximum absolute atomic E-state index is 11.9. The van der Waals surface area contributed by atoms with Gasteiger partial charge in [-0.1, -0.05) is 20.8 Å². The van der Waals surface area contributed by atoms with Crippen LogP contribution < -0.4 is 5.73 Å². The van der Waals surface area contributed by atoms with Crippen LogP contribution in [0.25, 0.3) is 0 Å². The van der Waals surface area contributed by atoms with Crippen LogP contribution in [0.3, 0.4) is 0 Å². The fraction of sp³-hybridized carbons (Fsp3) is 0.818. The van der Waals surface area contributed by atoms with Crippen LogP contribution in [0, 0.1) is 22.2 Å². The first-order valence-corrected chi connectivity index (χ1v) is 5.15. The molecule has 2 N–H and O–H groups in total. The predicted molar refractivity (Wildman–Crippen MR) is 57.7 cm³/mol. The molecule has 0 unspecified atom stereocenters. The number of carbonyl (C=O) groups excluding carboxylic acids is 1. The third-order valence-corrected chi connectivity index (χ3v) is 2.86. The summed E-state index contributed by atoms with van der Waals surface area (Å²) in [6, 6.07) is 1.72. The number of amides is 1. The molecule has 0 aromatic carbocycles. The lowest BCUT2D eigenvalue weighted by atomic mass is 9.80. The van der Waals surface area contributed by atoms with Crippen molar-refractivity contribution in [1.29, 1.82) is 5.26 Å². The van der Waals surface area contributed by atoms with Crippen LogP contribution in [-0.2, 0) is 4.79 Å². The Morgan fingerprint density at radius 1 is 1.53 bits per heavy atom. The zero-order valence-corrected chi connectivity index (χ0v) is 9.87. The summed E-state index contributed by atoms with van der Waals surface area (Å²) in [5, 5.41) is 8.82. The van der Waals surface area contributed by atoms with E-state index >= 15 is 0 Å². The SMILES string of the molecule is CC1(C#N)CN(C(=O)[C@H](N)C(C)(C)C)C1. The van der Waals surface area contributed by atoms with Gasteiger partial charge in [0.25, 0.3) is 0 Å². The van der Waals surface area contributed by atoms with Crippen LogP contribution >= 0.6 is 0 Å². The molecular formula is C11H19N3O. The highest BCUT2D eigenvalue weighted by Crippen LogP contribution is 2.30. The van der Waals surface area contributed by atoms with Gasteiger partial charge in [0, 0.05) is 13.1 Å². The minimum absolute atomic E-state index is 0.0461. The molecule has 0 aliphatic carbocycles. The normalized spacial score (nSPS) is 21.5. The number of likely N-dealkylation sites (tertiary alicyclic amines) is 1. The van der Waals surface area contributed by atoms with Gasteiger partial charge in [-0.25, -0.2) is 0 Å². The van der Waals surface area contributed by atoms with Gasteiger partial charge in [0.1, 0.15) is 0 Å². The summed E-state index contributed by atoms with van der Waals surface area (Å²) in [4.78, 5) is 13.5. The molecule has 0 spiro atoms. The van der Waals surface area contributed by atoms with Crippen molar-refractivity contribution < 1.29 is 4.79 Å². The Labute approximate surface area is 91.0 Å². The van der Waals surface area contributed by atoms with Gasteiger partial charge >= 0.3 is 0 Å². The predicted octanol–water partition coefficient (Wildman–Crippen LogP) is 0.732. The second-order valence-electron chi connectivity index (χ2n) is 5.71. The van der Waals surface area contributed by atoms with Crippen LogP contribution in [-0.4, -0.2) is 29.9 Å². The monoisotopic (exact) mass is 209 g/mol. The molecule has 0 bridgehead atoms. The number of nitrogens with two attached hydrogens (primary N) is 1. The Kier molecular flexibility index (Phi) is 2.79. The van der Waals surface area contributed by atoms with Crippen molar-refractivity contribution in [3.63, 3.8) is 0 Å². The highest BCUT2D eigenvalue weighted by molar-refractivity contribution is 5.83. The van der Waals surface area contributed by atoms with E-state index in [0.29, 0.717) is 13.1 Å². The Bertz CT molecular complexity index is 305. The van der Waals surface area contributed by atoms with Gasteiger partial charge in [0.15, 0.2) is 0 Å². The van der Waals surface area contributed by atoms with E-state index in [4.69, 9.17) is 11.0 Å². The summed E-state index contributed by atoms with van der Waals surface area (Å²) in [5.74, 6) is -0.0461. The molecule has 0 aromatic heterocycles. The number of carbonyl (C=O) groups is 1. The number of nitriles is 1. The molecule has 1 heterocycles. The van der Waals surface area contributed by atoms with Crippen LogP contribution in [0.4, 0.5) is 0 Å². The van der Waals surface area contributed by atoms with Gasteiger partial charge in [0.05, 0.1) is 17.5 Å². The fourth-order valence-electron chi connectivity index (χ4n) is 1.59.